The summed E-state index contributed by atoms with van der Waals surface area (Å²) >= 11 is 3.57. The fraction of sp³-hybridized carbons (Fsp3) is 0.129. The number of para-hydroxylation sites is 1. The fourth-order valence-electron chi connectivity index (χ4n) is 5.43. The van der Waals surface area contributed by atoms with Crippen LogP contribution in [0.15, 0.2) is 102 Å². The third-order valence-electron chi connectivity index (χ3n) is 7.11. The van der Waals surface area contributed by atoms with Gasteiger partial charge < -0.3 is 14.2 Å². The summed E-state index contributed by atoms with van der Waals surface area (Å²) in [6, 6.07) is 32.7. The number of nitrogens with zero attached hydrogens (tertiary/aromatic N) is 2. The van der Waals surface area contributed by atoms with Crippen molar-refractivity contribution in [1.29, 1.82) is 0 Å². The van der Waals surface area contributed by atoms with Crippen molar-refractivity contribution in [1.82, 2.24) is 9.47 Å². The van der Waals surface area contributed by atoms with Crippen LogP contribution < -0.4 is 4.74 Å². The van der Waals surface area contributed by atoms with E-state index in [1.54, 1.807) is 7.11 Å². The standard InChI is InChI=1S/C31H25BrN2O2/c1-33-27-10-6-5-9-26(27)28(29(33)21-13-15-22(32)16-14-21)30-24-7-3-4-8-25(24)31(35)34(30)19-20-11-17-23(36-2)18-12-20/h3-18,30H,19H2,1-2H3/t30-/m1/s1. The van der Waals surface area contributed by atoms with Gasteiger partial charge in [0.25, 0.3) is 5.91 Å². The number of aromatic nitrogens is 1. The van der Waals surface area contributed by atoms with Crippen molar-refractivity contribution < 1.29 is 9.53 Å². The number of hydrogen-bond donors (Lipinski definition) is 0. The van der Waals surface area contributed by atoms with Gasteiger partial charge in [-0.15, -0.1) is 0 Å². The molecule has 4 nitrogen and oxygen atoms in total. The van der Waals surface area contributed by atoms with Gasteiger partial charge in [0.05, 0.1) is 18.8 Å². The molecule has 1 amide bonds. The van der Waals surface area contributed by atoms with Gasteiger partial charge in [-0.3, -0.25) is 4.79 Å². The summed E-state index contributed by atoms with van der Waals surface area (Å²) in [6.45, 7) is 0.505. The van der Waals surface area contributed by atoms with Crippen molar-refractivity contribution in [3.8, 4) is 17.0 Å². The number of ether oxygens (including phenoxy) is 1. The molecule has 1 aromatic heterocycles. The molecule has 6 rings (SSSR count). The molecule has 5 heteroatoms. The Morgan fingerprint density at radius 3 is 2.31 bits per heavy atom. The van der Waals surface area contributed by atoms with Gasteiger partial charge in [-0.25, -0.2) is 0 Å². The number of carbonyl (C=O) groups is 1. The number of carbonyl (C=O) groups excluding carboxylic acids is 1. The van der Waals surface area contributed by atoms with Gasteiger partial charge in [0, 0.05) is 40.1 Å². The summed E-state index contributed by atoms with van der Waals surface area (Å²) in [6.07, 6.45) is 0. The highest BCUT2D eigenvalue weighted by Crippen LogP contribution is 2.47. The number of hydrogen-bond acceptors (Lipinski definition) is 2. The highest BCUT2D eigenvalue weighted by atomic mass is 79.9. The van der Waals surface area contributed by atoms with Crippen LogP contribution in [0.2, 0.25) is 0 Å². The largest absolute Gasteiger partial charge is 0.497 e. The highest BCUT2D eigenvalue weighted by Gasteiger charge is 2.40. The highest BCUT2D eigenvalue weighted by molar-refractivity contribution is 9.10. The van der Waals surface area contributed by atoms with Gasteiger partial charge in [0.2, 0.25) is 0 Å². The van der Waals surface area contributed by atoms with Gasteiger partial charge in [0.1, 0.15) is 5.75 Å². The number of rotatable bonds is 5. The molecule has 0 aliphatic carbocycles. The van der Waals surface area contributed by atoms with Crippen LogP contribution in [0.25, 0.3) is 22.2 Å². The molecule has 5 aromatic rings. The third kappa shape index (κ3) is 3.62. The number of halogens is 1. The van der Waals surface area contributed by atoms with Crippen molar-refractivity contribution in [3.05, 3.63) is 124 Å². The third-order valence-corrected chi connectivity index (χ3v) is 7.64. The first-order chi connectivity index (χ1) is 17.6. The average Bonchev–Trinajstić information content (AvgIpc) is 3.36. The Morgan fingerprint density at radius 1 is 0.861 bits per heavy atom. The first kappa shape index (κ1) is 22.6. The zero-order valence-electron chi connectivity index (χ0n) is 20.1. The number of aryl methyl sites for hydroxylation is 1. The van der Waals surface area contributed by atoms with Gasteiger partial charge in [-0.05, 0) is 53.1 Å². The number of fused-ring (bicyclic) bond motifs is 2. The lowest BCUT2D eigenvalue weighted by molar-refractivity contribution is 0.0737. The predicted octanol–water partition coefficient (Wildman–Crippen LogP) is 7.36. The SMILES string of the molecule is COc1ccc(CN2C(=O)c3ccccc3[C@@H]2c2c(-c3ccc(Br)cc3)n(C)c3ccccc23)cc1. The predicted molar refractivity (Wildman–Crippen MR) is 147 cm³/mol. The molecule has 36 heavy (non-hydrogen) atoms. The zero-order valence-corrected chi connectivity index (χ0v) is 21.7. The second-order valence-corrected chi connectivity index (χ2v) is 10.0. The van der Waals surface area contributed by atoms with Crippen LogP contribution in [0.3, 0.4) is 0 Å². The average molecular weight is 537 g/mol. The Bertz CT molecular complexity index is 1590. The molecule has 1 atom stereocenters. The van der Waals surface area contributed by atoms with Crippen LogP contribution in [-0.2, 0) is 13.6 Å². The molecule has 0 saturated heterocycles. The number of benzene rings is 4. The van der Waals surface area contributed by atoms with Crippen LogP contribution in [0.5, 0.6) is 5.75 Å². The van der Waals surface area contributed by atoms with Crippen LogP contribution >= 0.6 is 15.9 Å². The Hall–Kier alpha value is -3.83. The fourth-order valence-corrected chi connectivity index (χ4v) is 5.69. The van der Waals surface area contributed by atoms with E-state index in [0.717, 1.165) is 54.6 Å². The lowest BCUT2D eigenvalue weighted by atomic mass is 9.93. The van der Waals surface area contributed by atoms with Gasteiger partial charge in [-0.2, -0.15) is 0 Å². The lowest BCUT2D eigenvalue weighted by Crippen LogP contribution is -2.28. The topological polar surface area (TPSA) is 34.5 Å². The Labute approximate surface area is 218 Å². The minimum Gasteiger partial charge on any atom is -0.497 e. The molecule has 178 valence electrons. The van der Waals surface area contributed by atoms with Crippen molar-refractivity contribution in [3.63, 3.8) is 0 Å². The maximum atomic E-state index is 13.8. The Kier molecular flexibility index (Phi) is 5.65. The van der Waals surface area contributed by atoms with Gasteiger partial charge in [0.15, 0.2) is 0 Å². The van der Waals surface area contributed by atoms with E-state index in [0.29, 0.717) is 6.54 Å². The summed E-state index contributed by atoms with van der Waals surface area (Å²) in [4.78, 5) is 15.8. The second-order valence-electron chi connectivity index (χ2n) is 9.12. The monoisotopic (exact) mass is 536 g/mol. The molecule has 0 saturated carbocycles. The molecule has 0 spiro atoms. The molecule has 4 aromatic carbocycles. The zero-order chi connectivity index (χ0) is 24.8. The molecular formula is C31H25BrN2O2. The van der Waals surface area contributed by atoms with E-state index < -0.39 is 0 Å². The van der Waals surface area contributed by atoms with E-state index in [1.165, 1.54) is 0 Å². The first-order valence-electron chi connectivity index (χ1n) is 11.9. The first-order valence-corrected chi connectivity index (χ1v) is 12.7. The lowest BCUT2D eigenvalue weighted by Gasteiger charge is -2.27. The maximum Gasteiger partial charge on any atom is 0.255 e. The minimum absolute atomic E-state index is 0.0566. The smallest absolute Gasteiger partial charge is 0.255 e. The van der Waals surface area contributed by atoms with Crippen molar-refractivity contribution in [2.75, 3.05) is 7.11 Å². The maximum absolute atomic E-state index is 13.8. The molecule has 0 fully saturated rings. The summed E-state index contributed by atoms with van der Waals surface area (Å²) in [5, 5.41) is 1.16. The molecule has 2 heterocycles. The van der Waals surface area contributed by atoms with Crippen molar-refractivity contribution in [2.24, 2.45) is 7.05 Å². The summed E-state index contributed by atoms with van der Waals surface area (Å²) in [5.41, 5.74) is 7.42. The van der Waals surface area contributed by atoms with E-state index in [1.807, 2.05) is 47.4 Å². The Morgan fingerprint density at radius 2 is 1.56 bits per heavy atom. The molecular weight excluding hydrogens is 512 g/mol. The van der Waals surface area contributed by atoms with Crippen molar-refractivity contribution >= 4 is 32.7 Å². The Balaban J connectivity index is 1.59. The van der Waals surface area contributed by atoms with Crippen molar-refractivity contribution in [2.45, 2.75) is 12.6 Å². The molecule has 0 radical (unpaired) electrons. The quantitative estimate of drug-likeness (QED) is 0.235. The normalized spacial score (nSPS) is 14.9. The molecule has 0 unspecified atom stereocenters. The second kappa shape index (κ2) is 8.99. The number of methoxy groups -OCH3 is 1. The van der Waals surface area contributed by atoms with Gasteiger partial charge >= 0.3 is 0 Å². The van der Waals surface area contributed by atoms with Crippen LogP contribution in [-0.4, -0.2) is 22.5 Å². The van der Waals surface area contributed by atoms with E-state index in [4.69, 9.17) is 4.74 Å². The number of amides is 1. The van der Waals surface area contributed by atoms with Crippen LogP contribution in [0, 0.1) is 0 Å². The van der Waals surface area contributed by atoms with Crippen LogP contribution in [0.1, 0.15) is 33.1 Å². The van der Waals surface area contributed by atoms with E-state index in [2.05, 4.69) is 82.1 Å². The van der Waals surface area contributed by atoms with E-state index >= 15 is 0 Å². The summed E-state index contributed by atoms with van der Waals surface area (Å²) in [7, 11) is 3.77. The van der Waals surface area contributed by atoms with Gasteiger partial charge in [-0.1, -0.05) is 76.6 Å². The van der Waals surface area contributed by atoms with Crippen LogP contribution in [0.4, 0.5) is 0 Å². The summed E-state index contributed by atoms with van der Waals surface area (Å²) in [5.74, 6) is 0.860. The molecule has 0 N–H and O–H groups in total. The van der Waals surface area contributed by atoms with E-state index in [-0.39, 0.29) is 11.9 Å². The summed E-state index contributed by atoms with van der Waals surface area (Å²) < 4.78 is 8.63. The molecule has 1 aliphatic heterocycles. The molecule has 0 bridgehead atoms. The van der Waals surface area contributed by atoms with E-state index in [9.17, 15) is 4.79 Å². The minimum atomic E-state index is -0.208. The molecule has 1 aliphatic rings.